The smallest absolute Gasteiger partial charge is 0.260 e. The lowest BCUT2D eigenvalue weighted by molar-refractivity contribution is -0.127. The van der Waals surface area contributed by atoms with Gasteiger partial charge in [0.05, 0.1) is 12.8 Å². The van der Waals surface area contributed by atoms with Gasteiger partial charge >= 0.3 is 0 Å². The van der Waals surface area contributed by atoms with Crippen molar-refractivity contribution in [2.45, 2.75) is 33.3 Å². The van der Waals surface area contributed by atoms with E-state index >= 15 is 0 Å². The molecule has 5 nitrogen and oxygen atoms in total. The standard InChI is InChI=1S/C15H24N2O3/c1-10(2)7-8-17-15(18)11(3)20-14-9-12(19-4)5-6-13(14)16/h5-6,9-11H,7-8,16H2,1-4H3,(H,17,18). The van der Waals surface area contributed by atoms with E-state index in [2.05, 4.69) is 19.2 Å². The highest BCUT2D eigenvalue weighted by atomic mass is 16.5. The van der Waals surface area contributed by atoms with Crippen molar-refractivity contribution in [1.82, 2.24) is 5.32 Å². The first-order chi connectivity index (χ1) is 9.43. The molecule has 3 N–H and O–H groups in total. The lowest BCUT2D eigenvalue weighted by atomic mass is 10.1. The molecule has 5 heteroatoms. The van der Waals surface area contributed by atoms with Crippen LogP contribution in [0.5, 0.6) is 11.5 Å². The van der Waals surface area contributed by atoms with Crippen LogP contribution in [-0.2, 0) is 4.79 Å². The first-order valence-corrected chi connectivity index (χ1v) is 6.82. The fourth-order valence-corrected chi connectivity index (χ4v) is 1.62. The minimum absolute atomic E-state index is 0.145. The maximum Gasteiger partial charge on any atom is 0.260 e. The number of rotatable bonds is 7. The first-order valence-electron chi connectivity index (χ1n) is 6.82. The van der Waals surface area contributed by atoms with Gasteiger partial charge in [-0.15, -0.1) is 0 Å². The summed E-state index contributed by atoms with van der Waals surface area (Å²) in [6, 6.07) is 5.11. The zero-order chi connectivity index (χ0) is 15.1. The minimum atomic E-state index is -0.600. The van der Waals surface area contributed by atoms with Crippen LogP contribution >= 0.6 is 0 Å². The molecule has 0 spiro atoms. The molecule has 0 bridgehead atoms. The molecule has 0 aliphatic heterocycles. The number of nitrogen functional groups attached to an aromatic ring is 1. The van der Waals surface area contributed by atoms with Gasteiger partial charge in [0.25, 0.3) is 5.91 Å². The van der Waals surface area contributed by atoms with Gasteiger partial charge < -0.3 is 20.5 Å². The summed E-state index contributed by atoms with van der Waals surface area (Å²) in [7, 11) is 1.57. The van der Waals surface area contributed by atoms with Crippen LogP contribution in [0.4, 0.5) is 5.69 Å². The molecule has 1 aromatic carbocycles. The molecule has 1 unspecified atom stereocenters. The number of nitrogens with two attached hydrogens (primary N) is 1. The van der Waals surface area contributed by atoms with Gasteiger partial charge in [-0.25, -0.2) is 0 Å². The first kappa shape index (κ1) is 16.1. The summed E-state index contributed by atoms with van der Waals surface area (Å²) < 4.78 is 10.7. The fraction of sp³-hybridized carbons (Fsp3) is 0.533. The highest BCUT2D eigenvalue weighted by Gasteiger charge is 2.16. The molecule has 1 rings (SSSR count). The largest absolute Gasteiger partial charge is 0.497 e. The molecule has 0 saturated heterocycles. The Balaban J connectivity index is 2.56. The summed E-state index contributed by atoms with van der Waals surface area (Å²) in [6.07, 6.45) is 0.344. The lowest BCUT2D eigenvalue weighted by Gasteiger charge is -2.17. The SMILES string of the molecule is COc1ccc(N)c(OC(C)C(=O)NCCC(C)C)c1. The van der Waals surface area contributed by atoms with Gasteiger partial charge in [-0.1, -0.05) is 13.8 Å². The zero-order valence-corrected chi connectivity index (χ0v) is 12.6. The van der Waals surface area contributed by atoms with Crippen molar-refractivity contribution < 1.29 is 14.3 Å². The van der Waals surface area contributed by atoms with Crippen molar-refractivity contribution in [1.29, 1.82) is 0 Å². The summed E-state index contributed by atoms with van der Waals surface area (Å²) in [6.45, 7) is 6.58. The number of benzene rings is 1. The number of hydrogen-bond donors (Lipinski definition) is 2. The number of nitrogens with one attached hydrogen (secondary N) is 1. The topological polar surface area (TPSA) is 73.6 Å². The highest BCUT2D eigenvalue weighted by Crippen LogP contribution is 2.27. The van der Waals surface area contributed by atoms with Gasteiger partial charge in [-0.2, -0.15) is 0 Å². The summed E-state index contributed by atoms with van der Waals surface area (Å²) >= 11 is 0. The molecule has 0 fully saturated rings. The van der Waals surface area contributed by atoms with Crippen molar-refractivity contribution in [3.8, 4) is 11.5 Å². The monoisotopic (exact) mass is 280 g/mol. The Bertz CT molecular complexity index is 447. The van der Waals surface area contributed by atoms with Crippen LogP contribution in [-0.4, -0.2) is 25.7 Å². The van der Waals surface area contributed by atoms with Crippen LogP contribution in [0.25, 0.3) is 0 Å². The van der Waals surface area contributed by atoms with E-state index in [-0.39, 0.29) is 5.91 Å². The number of ether oxygens (including phenoxy) is 2. The van der Waals surface area contributed by atoms with Gasteiger partial charge in [0, 0.05) is 12.6 Å². The predicted molar refractivity (Wildman–Crippen MR) is 80.0 cm³/mol. The molecule has 0 saturated carbocycles. The molecule has 20 heavy (non-hydrogen) atoms. The fourth-order valence-electron chi connectivity index (χ4n) is 1.62. The van der Waals surface area contributed by atoms with Crippen LogP contribution in [0.2, 0.25) is 0 Å². The Morgan fingerprint density at radius 3 is 2.65 bits per heavy atom. The predicted octanol–water partition coefficient (Wildman–Crippen LogP) is 2.21. The van der Waals surface area contributed by atoms with E-state index in [1.54, 1.807) is 32.2 Å². The number of carbonyl (C=O) groups excluding carboxylic acids is 1. The van der Waals surface area contributed by atoms with E-state index in [4.69, 9.17) is 15.2 Å². The maximum atomic E-state index is 11.9. The summed E-state index contributed by atoms with van der Waals surface area (Å²) in [5.41, 5.74) is 6.30. The number of amides is 1. The number of anilines is 1. The molecular weight excluding hydrogens is 256 g/mol. The molecule has 112 valence electrons. The summed E-state index contributed by atoms with van der Waals surface area (Å²) in [4.78, 5) is 11.9. The average Bonchev–Trinajstić information content (AvgIpc) is 2.40. The Hall–Kier alpha value is -1.91. The summed E-state index contributed by atoms with van der Waals surface area (Å²) in [5, 5.41) is 2.85. The normalized spacial score (nSPS) is 12.1. The van der Waals surface area contributed by atoms with Crippen LogP contribution in [0.3, 0.4) is 0 Å². The Morgan fingerprint density at radius 1 is 1.35 bits per heavy atom. The third kappa shape index (κ3) is 4.99. The average molecular weight is 280 g/mol. The van der Waals surface area contributed by atoms with Crippen molar-refractivity contribution in [2.75, 3.05) is 19.4 Å². The molecule has 1 aromatic rings. The molecular formula is C15H24N2O3. The van der Waals surface area contributed by atoms with Gasteiger partial charge in [-0.05, 0) is 31.4 Å². The van der Waals surface area contributed by atoms with Crippen LogP contribution in [0.15, 0.2) is 18.2 Å². The molecule has 0 heterocycles. The van der Waals surface area contributed by atoms with Crippen molar-refractivity contribution in [3.05, 3.63) is 18.2 Å². The quantitative estimate of drug-likeness (QED) is 0.751. The molecule has 0 aromatic heterocycles. The zero-order valence-electron chi connectivity index (χ0n) is 12.6. The van der Waals surface area contributed by atoms with Crippen molar-refractivity contribution in [3.63, 3.8) is 0 Å². The van der Waals surface area contributed by atoms with Gasteiger partial charge in [0.1, 0.15) is 11.5 Å². The third-order valence-corrected chi connectivity index (χ3v) is 2.91. The Kier molecular flexibility index (Phi) is 6.15. The number of methoxy groups -OCH3 is 1. The van der Waals surface area contributed by atoms with E-state index in [0.717, 1.165) is 6.42 Å². The van der Waals surface area contributed by atoms with Crippen LogP contribution in [0.1, 0.15) is 27.2 Å². The Morgan fingerprint density at radius 2 is 2.05 bits per heavy atom. The lowest BCUT2D eigenvalue weighted by Crippen LogP contribution is -2.37. The maximum absolute atomic E-state index is 11.9. The number of hydrogen-bond acceptors (Lipinski definition) is 4. The second kappa shape index (κ2) is 7.62. The molecule has 1 atom stereocenters. The Labute approximate surface area is 120 Å². The third-order valence-electron chi connectivity index (χ3n) is 2.91. The molecule has 0 aliphatic carbocycles. The van der Waals surface area contributed by atoms with Crippen molar-refractivity contribution >= 4 is 11.6 Å². The van der Waals surface area contributed by atoms with E-state index in [9.17, 15) is 4.79 Å². The second-order valence-corrected chi connectivity index (χ2v) is 5.14. The van der Waals surface area contributed by atoms with Crippen molar-refractivity contribution in [2.24, 2.45) is 5.92 Å². The van der Waals surface area contributed by atoms with E-state index in [1.807, 2.05) is 0 Å². The minimum Gasteiger partial charge on any atom is -0.497 e. The van der Waals surface area contributed by atoms with Gasteiger partial charge in [-0.3, -0.25) is 4.79 Å². The van der Waals surface area contributed by atoms with E-state index < -0.39 is 6.10 Å². The van der Waals surface area contributed by atoms with Crippen LogP contribution in [0, 0.1) is 5.92 Å². The molecule has 0 aliphatic rings. The molecule has 1 amide bonds. The second-order valence-electron chi connectivity index (χ2n) is 5.14. The van der Waals surface area contributed by atoms with E-state index in [1.165, 1.54) is 0 Å². The van der Waals surface area contributed by atoms with E-state index in [0.29, 0.717) is 29.6 Å². The highest BCUT2D eigenvalue weighted by molar-refractivity contribution is 5.80. The molecule has 0 radical (unpaired) electrons. The summed E-state index contributed by atoms with van der Waals surface area (Å²) in [5.74, 6) is 1.51. The number of carbonyl (C=O) groups is 1. The van der Waals surface area contributed by atoms with Gasteiger partial charge in [0.15, 0.2) is 6.10 Å². The van der Waals surface area contributed by atoms with Gasteiger partial charge in [0.2, 0.25) is 0 Å². The van der Waals surface area contributed by atoms with Crippen LogP contribution < -0.4 is 20.5 Å².